The average molecular weight is 493 g/mol. The second-order valence-corrected chi connectivity index (χ2v) is 7.07. The third-order valence-electron chi connectivity index (χ3n) is 4.86. The Bertz CT molecular complexity index is 1240. The maximum atomic E-state index is 13.2. The summed E-state index contributed by atoms with van der Waals surface area (Å²) in [6.45, 7) is 5.93. The number of aromatic carboxylic acids is 2. The lowest BCUT2D eigenvalue weighted by molar-refractivity contribution is 0.0683. The first-order chi connectivity index (χ1) is 17.4. The van der Waals surface area contributed by atoms with E-state index in [1.165, 1.54) is 12.1 Å². The summed E-state index contributed by atoms with van der Waals surface area (Å²) in [7, 11) is 0.500. The number of hydrogen-bond acceptors (Lipinski definition) is 2. The Hall–Kier alpha value is -4.32. The highest BCUT2D eigenvalue weighted by atomic mass is 19.1. The number of aryl methyl sites for hydroxylation is 1. The van der Waals surface area contributed by atoms with E-state index in [4.69, 9.17) is 10.2 Å². The van der Waals surface area contributed by atoms with E-state index in [0.29, 0.717) is 18.3 Å². The molecule has 6 heteroatoms. The summed E-state index contributed by atoms with van der Waals surface area (Å²) in [5.74, 6) is -2.86. The van der Waals surface area contributed by atoms with Gasteiger partial charge in [-0.25, -0.2) is 14.0 Å². The third-order valence-corrected chi connectivity index (χ3v) is 4.86. The number of carboxylic acid groups (broad SMARTS) is 2. The van der Waals surface area contributed by atoms with Crippen molar-refractivity contribution in [1.29, 1.82) is 0 Å². The number of hydrogen-bond donors (Lipinski definition) is 2. The summed E-state index contributed by atoms with van der Waals surface area (Å²) in [6, 6.07) is 28.5. The Balaban J connectivity index is 0.000000317. The fourth-order valence-electron chi connectivity index (χ4n) is 3.24. The van der Waals surface area contributed by atoms with Crippen molar-refractivity contribution in [3.8, 4) is 22.3 Å². The van der Waals surface area contributed by atoms with Gasteiger partial charge in [0.25, 0.3) is 0 Å². The Kier molecular flexibility index (Phi) is 12.8. The van der Waals surface area contributed by atoms with Crippen LogP contribution in [0.1, 0.15) is 40.1 Å². The minimum absolute atomic E-state index is 0.304. The molecule has 0 aromatic heterocycles. The fraction of sp³-hybridized carbons (Fsp3) is 0.133. The van der Waals surface area contributed by atoms with E-state index in [2.05, 4.69) is 0 Å². The molecule has 0 radical (unpaired) electrons. The molecular weight excluding hydrogens is 462 g/mol. The standard InChI is InChI=1S/C14H12O2.C13H9FO2.C2H6.CH3F/c1-10-9-12(14(15)16)7-8-13(10)11-5-3-2-4-6-11;14-12-7-6-10(8-11(12)13(15)16)9-4-2-1-3-5-9;2*1-2/h2-9H,1H3,(H,15,16);1-8H,(H,15,16);1-2H3;1H3. The van der Waals surface area contributed by atoms with Crippen LogP contribution < -0.4 is 0 Å². The molecule has 0 aliphatic heterocycles. The molecule has 0 fully saturated rings. The summed E-state index contributed by atoms with van der Waals surface area (Å²) < 4.78 is 22.7. The topological polar surface area (TPSA) is 74.6 Å². The molecule has 4 aromatic rings. The molecule has 4 nitrogen and oxygen atoms in total. The first kappa shape index (κ1) is 29.7. The normalized spacial score (nSPS) is 9.28. The number of alkyl halides is 1. The third kappa shape index (κ3) is 8.47. The molecule has 0 aliphatic rings. The number of halogens is 2. The number of carboxylic acids is 2. The Morgan fingerprint density at radius 2 is 1.17 bits per heavy atom. The Morgan fingerprint density at radius 3 is 1.64 bits per heavy atom. The van der Waals surface area contributed by atoms with Gasteiger partial charge in [-0.2, -0.15) is 0 Å². The number of carbonyl (C=O) groups is 2. The molecule has 4 rings (SSSR count). The van der Waals surface area contributed by atoms with E-state index >= 15 is 0 Å². The van der Waals surface area contributed by atoms with Crippen LogP contribution in [0, 0.1) is 12.7 Å². The maximum Gasteiger partial charge on any atom is 0.338 e. The van der Waals surface area contributed by atoms with Gasteiger partial charge in [-0.15, -0.1) is 0 Å². The van der Waals surface area contributed by atoms with Crippen LogP contribution >= 0.6 is 0 Å². The lowest BCUT2D eigenvalue weighted by atomic mass is 9.98. The molecule has 0 atom stereocenters. The molecule has 0 amide bonds. The van der Waals surface area contributed by atoms with Gasteiger partial charge >= 0.3 is 11.9 Å². The summed E-state index contributed by atoms with van der Waals surface area (Å²) in [5, 5.41) is 17.7. The van der Waals surface area contributed by atoms with Crippen molar-refractivity contribution < 1.29 is 28.6 Å². The maximum absolute atomic E-state index is 13.2. The first-order valence-electron chi connectivity index (χ1n) is 11.2. The SMILES string of the molecule is CC.CF.Cc1cc(C(=O)O)ccc1-c1ccccc1.O=C(O)c1cc(-c2ccccc2)ccc1F. The lowest BCUT2D eigenvalue weighted by Gasteiger charge is -2.06. The van der Waals surface area contributed by atoms with E-state index < -0.39 is 17.8 Å². The van der Waals surface area contributed by atoms with Crippen molar-refractivity contribution in [3.05, 3.63) is 120 Å². The van der Waals surface area contributed by atoms with Gasteiger partial charge in [0.1, 0.15) is 5.82 Å². The molecule has 0 bridgehead atoms. The van der Waals surface area contributed by atoms with E-state index in [1.54, 1.807) is 18.2 Å². The van der Waals surface area contributed by atoms with E-state index in [-0.39, 0.29) is 5.56 Å². The van der Waals surface area contributed by atoms with Gasteiger partial charge in [-0.1, -0.05) is 86.6 Å². The van der Waals surface area contributed by atoms with Crippen molar-refractivity contribution in [2.24, 2.45) is 0 Å². The second-order valence-electron chi connectivity index (χ2n) is 7.07. The minimum Gasteiger partial charge on any atom is -0.478 e. The van der Waals surface area contributed by atoms with Crippen molar-refractivity contribution >= 4 is 11.9 Å². The highest BCUT2D eigenvalue weighted by Gasteiger charge is 2.11. The zero-order valence-corrected chi connectivity index (χ0v) is 20.7. The molecule has 0 saturated heterocycles. The zero-order valence-electron chi connectivity index (χ0n) is 20.7. The molecule has 0 heterocycles. The molecule has 0 spiro atoms. The molecule has 0 unspecified atom stereocenters. The molecule has 0 saturated carbocycles. The van der Waals surface area contributed by atoms with Crippen LogP contribution in [-0.2, 0) is 0 Å². The molecule has 0 aliphatic carbocycles. The van der Waals surface area contributed by atoms with E-state index in [1.807, 2.05) is 87.5 Å². The number of benzene rings is 4. The van der Waals surface area contributed by atoms with Crippen LogP contribution in [0.5, 0.6) is 0 Å². The zero-order chi connectivity index (χ0) is 27.1. The monoisotopic (exact) mass is 492 g/mol. The predicted molar refractivity (Wildman–Crippen MR) is 141 cm³/mol. The van der Waals surface area contributed by atoms with Gasteiger partial charge in [-0.3, -0.25) is 4.39 Å². The van der Waals surface area contributed by atoms with Crippen LogP contribution in [-0.4, -0.2) is 29.3 Å². The molecule has 4 aromatic carbocycles. The van der Waals surface area contributed by atoms with Crippen molar-refractivity contribution in [3.63, 3.8) is 0 Å². The van der Waals surface area contributed by atoms with Gasteiger partial charge in [0, 0.05) is 0 Å². The molecule has 188 valence electrons. The van der Waals surface area contributed by atoms with Crippen LogP contribution in [0.15, 0.2) is 97.1 Å². The fourth-order valence-corrected chi connectivity index (χ4v) is 3.24. The highest BCUT2D eigenvalue weighted by Crippen LogP contribution is 2.24. The summed E-state index contributed by atoms with van der Waals surface area (Å²) >= 11 is 0. The van der Waals surface area contributed by atoms with Crippen LogP contribution in [0.2, 0.25) is 0 Å². The van der Waals surface area contributed by atoms with Crippen LogP contribution in [0.25, 0.3) is 22.3 Å². The highest BCUT2D eigenvalue weighted by molar-refractivity contribution is 5.90. The summed E-state index contributed by atoms with van der Waals surface area (Å²) in [5.41, 5.74) is 4.75. The van der Waals surface area contributed by atoms with E-state index in [0.717, 1.165) is 22.3 Å². The largest absolute Gasteiger partial charge is 0.478 e. The second kappa shape index (κ2) is 15.6. The lowest BCUT2D eigenvalue weighted by Crippen LogP contribution is -2.00. The average Bonchev–Trinajstić information content (AvgIpc) is 2.92. The Morgan fingerprint density at radius 1 is 0.639 bits per heavy atom. The van der Waals surface area contributed by atoms with Gasteiger partial charge in [0.2, 0.25) is 0 Å². The molecule has 2 N–H and O–H groups in total. The van der Waals surface area contributed by atoms with Gasteiger partial charge in [0.05, 0.1) is 18.3 Å². The van der Waals surface area contributed by atoms with Crippen molar-refractivity contribution in [2.45, 2.75) is 20.8 Å². The van der Waals surface area contributed by atoms with Gasteiger partial charge in [0.15, 0.2) is 0 Å². The van der Waals surface area contributed by atoms with Crippen molar-refractivity contribution in [1.82, 2.24) is 0 Å². The smallest absolute Gasteiger partial charge is 0.338 e. The summed E-state index contributed by atoms with van der Waals surface area (Å²) in [6.07, 6.45) is 0. The van der Waals surface area contributed by atoms with Crippen LogP contribution in [0.4, 0.5) is 8.78 Å². The first-order valence-corrected chi connectivity index (χ1v) is 11.2. The Labute approximate surface area is 210 Å². The quantitative estimate of drug-likeness (QED) is 0.301. The predicted octanol–water partition coefficient (Wildman–Crippen LogP) is 8.16. The van der Waals surface area contributed by atoms with Gasteiger partial charge < -0.3 is 10.2 Å². The van der Waals surface area contributed by atoms with E-state index in [9.17, 15) is 18.4 Å². The van der Waals surface area contributed by atoms with Crippen molar-refractivity contribution in [2.75, 3.05) is 7.18 Å². The molecular formula is C30H30F2O4. The summed E-state index contributed by atoms with van der Waals surface area (Å²) in [4.78, 5) is 21.6. The minimum atomic E-state index is -1.25. The van der Waals surface area contributed by atoms with Gasteiger partial charge in [-0.05, 0) is 59.0 Å². The number of rotatable bonds is 4. The molecule has 36 heavy (non-hydrogen) atoms. The van der Waals surface area contributed by atoms with Crippen LogP contribution in [0.3, 0.4) is 0 Å².